The number of carboxylic acids is 1. The van der Waals surface area contributed by atoms with Gasteiger partial charge < -0.3 is 44.5 Å². The van der Waals surface area contributed by atoms with Gasteiger partial charge in [-0.15, -0.1) is 24.8 Å². The summed E-state index contributed by atoms with van der Waals surface area (Å²) >= 11 is 22.5. The minimum Gasteiger partial charge on any atom is -0.778 e. The molecule has 0 aliphatic rings. The average Bonchev–Trinajstić information content (AvgIpc) is 3.20. The number of hydrogen-bond donors (Lipinski definition) is 4. The van der Waals surface area contributed by atoms with Crippen LogP contribution in [0.3, 0.4) is 0 Å². The molecule has 2 atom stereocenters. The van der Waals surface area contributed by atoms with Gasteiger partial charge in [0.2, 0.25) is 5.91 Å². The SMILES string of the molecule is C=CCN(CC=C)C(=O)C(Cl)Cl.CCc1cccc(C)c1N(C(=O)CCl)C(C)COC.C[S+](C)C.Nc1c([N+](=O)[O-])ccc(Oc2ccccc2)c1Cl.O=C(O)CNCP(=O)([O-])O. The van der Waals surface area contributed by atoms with Crippen molar-refractivity contribution in [3.8, 4) is 11.5 Å². The highest BCUT2D eigenvalue weighted by atomic mass is 35.5. The number of carbonyl (C=O) groups excluding carboxylic acids is 2. The Hall–Kier alpha value is -3.87. The van der Waals surface area contributed by atoms with E-state index in [1.165, 1.54) is 17.0 Å². The van der Waals surface area contributed by atoms with Crippen LogP contribution in [0, 0.1) is 17.0 Å². The molecular weight excluding hydrogens is 943 g/mol. The normalized spacial score (nSPS) is 11.5. The molecular formula is C41H58Cl4N5O11PS. The fourth-order valence-electron chi connectivity index (χ4n) is 4.75. The number of para-hydroxylation sites is 2. The summed E-state index contributed by atoms with van der Waals surface area (Å²) in [5, 5.41) is 20.7. The van der Waals surface area contributed by atoms with Crippen molar-refractivity contribution in [3.63, 3.8) is 0 Å². The highest BCUT2D eigenvalue weighted by Gasteiger charge is 2.25. The van der Waals surface area contributed by atoms with Crippen molar-refractivity contribution in [2.45, 2.75) is 38.1 Å². The van der Waals surface area contributed by atoms with Crippen LogP contribution < -0.4 is 25.6 Å². The molecule has 0 bridgehead atoms. The number of carbonyl (C=O) groups is 3. The molecule has 352 valence electrons. The Morgan fingerprint density at radius 3 is 2.03 bits per heavy atom. The van der Waals surface area contributed by atoms with E-state index in [0.29, 0.717) is 36.3 Å². The number of anilines is 2. The van der Waals surface area contributed by atoms with Crippen molar-refractivity contribution < 1.29 is 48.2 Å². The van der Waals surface area contributed by atoms with Crippen LogP contribution in [0.1, 0.15) is 25.0 Å². The summed E-state index contributed by atoms with van der Waals surface area (Å²) in [7, 11) is -2.07. The maximum atomic E-state index is 12.2. The minimum absolute atomic E-state index is 0.0223. The van der Waals surface area contributed by atoms with Crippen LogP contribution in [0.4, 0.5) is 17.1 Å². The molecule has 0 heterocycles. The lowest BCUT2D eigenvalue weighted by Gasteiger charge is -2.31. The Morgan fingerprint density at radius 2 is 1.60 bits per heavy atom. The zero-order valence-electron chi connectivity index (χ0n) is 36.3. The first-order valence-corrected chi connectivity index (χ1v) is 24.6. The van der Waals surface area contributed by atoms with E-state index in [1.54, 1.807) is 48.4 Å². The van der Waals surface area contributed by atoms with Crippen molar-refractivity contribution >= 4 is 99.7 Å². The first-order chi connectivity index (χ1) is 29.4. The molecule has 0 aliphatic carbocycles. The first kappa shape index (κ1) is 61.2. The molecule has 0 aliphatic heterocycles. The highest BCUT2D eigenvalue weighted by molar-refractivity contribution is 7.94. The number of carboxylic acid groups (broad SMARTS) is 1. The monoisotopic (exact) mass is 999 g/mol. The van der Waals surface area contributed by atoms with Crippen LogP contribution in [0.2, 0.25) is 5.02 Å². The fourth-order valence-corrected chi connectivity index (χ4v) is 5.74. The molecule has 3 aromatic carbocycles. The number of nitrogens with one attached hydrogen (secondary N) is 1. The number of nitrogens with two attached hydrogens (primary N) is 1. The van der Waals surface area contributed by atoms with Crippen LogP contribution >= 0.6 is 54.0 Å². The zero-order chi connectivity index (χ0) is 48.9. The maximum absolute atomic E-state index is 12.2. The van der Waals surface area contributed by atoms with Gasteiger partial charge >= 0.3 is 5.97 Å². The molecule has 3 rings (SSSR count). The standard InChI is InChI=1S/C15H22ClNO2.C12H9ClN2O3.C8H11Cl2NO.C3H8NO5P.C3H9S/c1-5-13-8-6-7-11(2)15(13)17(14(18)9-16)12(3)10-19-4;13-11-10(18-8-4-2-1-3-5-8)7-6-9(12(11)14)15(16)17;1-3-5-11(6-4-2)8(12)7(9)10;5-3(6)1-4-2-10(7,8)9;1-4(2)3/h6-8,12H,5,9-10H2,1-4H3;1-7H,14H2;3-4,7H,1-2,5-6H2;4H,1-2H2,(H,5,6)(H2,7,8,9);1-3H3/q;;;;+1/p-1. The third kappa shape index (κ3) is 26.5. The van der Waals surface area contributed by atoms with Crippen molar-refractivity contribution in [2.24, 2.45) is 0 Å². The number of nitrogens with zero attached hydrogens (tertiary/aromatic N) is 3. The van der Waals surface area contributed by atoms with Gasteiger partial charge in [-0.05, 0) is 60.5 Å². The number of hydrogen-bond acceptors (Lipinski definition) is 11. The van der Waals surface area contributed by atoms with E-state index < -0.39 is 36.2 Å². The summed E-state index contributed by atoms with van der Waals surface area (Å²) < 4.78 is 20.6. The van der Waals surface area contributed by atoms with Gasteiger partial charge in [0.1, 0.15) is 35.7 Å². The van der Waals surface area contributed by atoms with Crippen LogP contribution in [-0.2, 0) is 41.0 Å². The molecule has 63 heavy (non-hydrogen) atoms. The molecule has 22 heteroatoms. The van der Waals surface area contributed by atoms with Gasteiger partial charge in [0, 0.05) is 26.3 Å². The number of methoxy groups -OCH3 is 1. The third-order valence-corrected chi connectivity index (χ3v) is 8.86. The summed E-state index contributed by atoms with van der Waals surface area (Å²) in [6.45, 7) is 14.0. The topological polar surface area (TPSA) is 238 Å². The zero-order valence-corrected chi connectivity index (χ0v) is 41.0. The van der Waals surface area contributed by atoms with E-state index in [4.69, 9.17) is 71.6 Å². The number of amides is 2. The maximum Gasteiger partial charge on any atom is 0.317 e. The lowest BCUT2D eigenvalue weighted by atomic mass is 10.0. The largest absolute Gasteiger partial charge is 0.778 e. The molecule has 2 unspecified atom stereocenters. The van der Waals surface area contributed by atoms with Crippen LogP contribution in [0.5, 0.6) is 11.5 Å². The van der Waals surface area contributed by atoms with Crippen LogP contribution in [0.25, 0.3) is 0 Å². The molecule has 0 aromatic heterocycles. The van der Waals surface area contributed by atoms with Gasteiger partial charge in [-0.25, -0.2) is 0 Å². The number of ether oxygens (including phenoxy) is 2. The lowest BCUT2D eigenvalue weighted by molar-refractivity contribution is -0.383. The predicted octanol–water partition coefficient (Wildman–Crippen LogP) is 7.44. The van der Waals surface area contributed by atoms with Crippen molar-refractivity contribution in [2.75, 3.05) is 74.9 Å². The summed E-state index contributed by atoms with van der Waals surface area (Å²) in [5.41, 5.74) is 8.46. The van der Waals surface area contributed by atoms with E-state index in [9.17, 15) is 34.0 Å². The summed E-state index contributed by atoms with van der Waals surface area (Å²) in [6.07, 6.45) is 9.97. The molecule has 0 radical (unpaired) electrons. The number of rotatable bonds is 18. The number of nitro groups is 1. The number of nitro benzene ring substituents is 1. The molecule has 16 nitrogen and oxygen atoms in total. The van der Waals surface area contributed by atoms with Crippen LogP contribution in [0.15, 0.2) is 86.0 Å². The van der Waals surface area contributed by atoms with Gasteiger partial charge in [0.15, 0.2) is 4.84 Å². The van der Waals surface area contributed by atoms with E-state index >= 15 is 0 Å². The fraction of sp³-hybridized carbons (Fsp3) is 0.390. The van der Waals surface area contributed by atoms with E-state index in [2.05, 4.69) is 44.9 Å². The Morgan fingerprint density at radius 1 is 1.05 bits per heavy atom. The summed E-state index contributed by atoms with van der Waals surface area (Å²) in [4.78, 5) is 63.4. The Kier molecular flexibility index (Phi) is 32.7. The quantitative estimate of drug-likeness (QED) is 0.0185. The smallest absolute Gasteiger partial charge is 0.317 e. The van der Waals surface area contributed by atoms with Crippen molar-refractivity contribution in [3.05, 3.63) is 112 Å². The molecule has 0 fully saturated rings. The number of aliphatic carboxylic acids is 1. The number of aryl methyl sites for hydroxylation is 2. The molecule has 5 N–H and O–H groups in total. The summed E-state index contributed by atoms with van der Waals surface area (Å²) in [6, 6.07) is 17.7. The van der Waals surface area contributed by atoms with Gasteiger partial charge in [0.25, 0.3) is 11.6 Å². The Labute approximate surface area is 393 Å². The number of nitrogen functional groups attached to an aromatic ring is 1. The molecule has 0 saturated heterocycles. The van der Waals surface area contributed by atoms with Gasteiger partial charge in [0.05, 0.1) is 54.9 Å². The van der Waals surface area contributed by atoms with Crippen molar-refractivity contribution in [1.82, 2.24) is 10.2 Å². The molecule has 0 spiro atoms. The first-order valence-electron chi connectivity index (χ1n) is 18.6. The second-order valence-electron chi connectivity index (χ2n) is 13.1. The second-order valence-corrected chi connectivity index (χ2v) is 18.9. The van der Waals surface area contributed by atoms with Gasteiger partial charge in [-0.3, -0.25) is 29.8 Å². The van der Waals surface area contributed by atoms with E-state index in [0.717, 1.165) is 23.2 Å². The van der Waals surface area contributed by atoms with Gasteiger partial charge in [-0.2, -0.15) is 0 Å². The molecule has 3 aromatic rings. The Bertz CT molecular complexity index is 1920. The second kappa shape index (κ2) is 33.6. The lowest BCUT2D eigenvalue weighted by Crippen LogP contribution is -2.43. The number of alkyl halides is 3. The van der Waals surface area contributed by atoms with Crippen LogP contribution in [-0.4, -0.2) is 113 Å². The summed E-state index contributed by atoms with van der Waals surface area (Å²) in [5.74, 6) is -0.744. The average molecular weight is 1000 g/mol. The molecule has 2 amide bonds. The van der Waals surface area contributed by atoms with Gasteiger partial charge in [-0.1, -0.05) is 90.3 Å². The highest BCUT2D eigenvalue weighted by Crippen LogP contribution is 2.39. The number of halogens is 4. The predicted molar refractivity (Wildman–Crippen MR) is 257 cm³/mol. The van der Waals surface area contributed by atoms with E-state index in [1.807, 2.05) is 37.4 Å². The number of benzene rings is 3. The van der Waals surface area contributed by atoms with Crippen molar-refractivity contribution in [1.29, 1.82) is 0 Å². The molecule has 0 saturated carbocycles. The van der Waals surface area contributed by atoms with E-state index in [-0.39, 0.29) is 45.9 Å². The third-order valence-electron chi connectivity index (χ3n) is 7.25. The minimum atomic E-state index is -4.35. The Balaban J connectivity index is 0.